The number of hydrogen-bond donors (Lipinski definition) is 2. The van der Waals surface area contributed by atoms with E-state index in [1.165, 1.54) is 5.69 Å². The molecule has 1 aromatic rings. The molecule has 17 heavy (non-hydrogen) atoms. The molecule has 0 aromatic heterocycles. The number of nitriles is 1. The van der Waals surface area contributed by atoms with Gasteiger partial charge < -0.3 is 16.0 Å². The van der Waals surface area contributed by atoms with Gasteiger partial charge in [-0.05, 0) is 38.1 Å². The molecule has 90 valence electrons. The standard InChI is InChI=1S/C13H18N4/c1-10(4-5-14)17-7-6-16-12-8-11(9-15)2-3-13(12)17/h2-3,8,10,16H,4-7,14H2,1H3. The van der Waals surface area contributed by atoms with Crippen LogP contribution in [0.2, 0.25) is 0 Å². The molecule has 0 fully saturated rings. The number of hydrogen-bond acceptors (Lipinski definition) is 4. The number of anilines is 2. The van der Waals surface area contributed by atoms with Gasteiger partial charge in [-0.2, -0.15) is 5.26 Å². The molecule has 1 aliphatic rings. The molecule has 0 radical (unpaired) electrons. The molecule has 4 nitrogen and oxygen atoms in total. The van der Waals surface area contributed by atoms with Crippen molar-refractivity contribution in [2.75, 3.05) is 29.9 Å². The third-order valence-corrected chi connectivity index (χ3v) is 3.22. The average molecular weight is 230 g/mol. The van der Waals surface area contributed by atoms with Crippen LogP contribution in [0.1, 0.15) is 18.9 Å². The molecule has 3 N–H and O–H groups in total. The topological polar surface area (TPSA) is 65.1 Å². The molecule has 0 amide bonds. The summed E-state index contributed by atoms with van der Waals surface area (Å²) in [5.41, 5.74) is 8.55. The van der Waals surface area contributed by atoms with Crippen molar-refractivity contribution in [2.45, 2.75) is 19.4 Å². The van der Waals surface area contributed by atoms with Crippen LogP contribution < -0.4 is 16.0 Å². The zero-order valence-corrected chi connectivity index (χ0v) is 10.1. The van der Waals surface area contributed by atoms with E-state index in [2.05, 4.69) is 23.2 Å². The first-order valence-corrected chi connectivity index (χ1v) is 6.01. The number of nitrogens with two attached hydrogens (primary N) is 1. The van der Waals surface area contributed by atoms with Gasteiger partial charge in [0.1, 0.15) is 0 Å². The minimum absolute atomic E-state index is 0.439. The number of nitrogens with zero attached hydrogens (tertiary/aromatic N) is 2. The fraction of sp³-hybridized carbons (Fsp3) is 0.462. The highest BCUT2D eigenvalue weighted by molar-refractivity contribution is 5.74. The number of fused-ring (bicyclic) bond motifs is 1. The molecule has 0 saturated heterocycles. The lowest BCUT2D eigenvalue weighted by molar-refractivity contribution is 0.595. The van der Waals surface area contributed by atoms with Crippen LogP contribution in [0.25, 0.3) is 0 Å². The monoisotopic (exact) mass is 230 g/mol. The van der Waals surface area contributed by atoms with E-state index in [1.807, 2.05) is 18.2 Å². The number of rotatable bonds is 3. The first-order valence-electron chi connectivity index (χ1n) is 6.01. The minimum Gasteiger partial charge on any atom is -0.382 e. The van der Waals surface area contributed by atoms with E-state index in [0.29, 0.717) is 18.2 Å². The molecular weight excluding hydrogens is 212 g/mol. The van der Waals surface area contributed by atoms with E-state index in [4.69, 9.17) is 11.0 Å². The molecule has 0 saturated carbocycles. The lowest BCUT2D eigenvalue weighted by atomic mass is 10.1. The van der Waals surface area contributed by atoms with Crippen LogP contribution in [0.3, 0.4) is 0 Å². The average Bonchev–Trinajstić information content (AvgIpc) is 2.37. The van der Waals surface area contributed by atoms with Gasteiger partial charge in [-0.3, -0.25) is 0 Å². The predicted molar refractivity (Wildman–Crippen MR) is 70.1 cm³/mol. The third-order valence-electron chi connectivity index (χ3n) is 3.22. The number of benzene rings is 1. The normalized spacial score (nSPS) is 15.7. The van der Waals surface area contributed by atoms with Crippen molar-refractivity contribution in [2.24, 2.45) is 5.73 Å². The van der Waals surface area contributed by atoms with E-state index in [1.54, 1.807) is 0 Å². The second-order valence-corrected chi connectivity index (χ2v) is 4.39. The first kappa shape index (κ1) is 11.7. The Hall–Kier alpha value is -1.73. The van der Waals surface area contributed by atoms with Gasteiger partial charge in [0.25, 0.3) is 0 Å². The van der Waals surface area contributed by atoms with Gasteiger partial charge in [-0.15, -0.1) is 0 Å². The molecule has 2 rings (SSSR count). The Bertz CT molecular complexity index is 436. The van der Waals surface area contributed by atoms with Crippen molar-refractivity contribution in [3.63, 3.8) is 0 Å². The van der Waals surface area contributed by atoms with Crippen molar-refractivity contribution >= 4 is 11.4 Å². The van der Waals surface area contributed by atoms with Gasteiger partial charge in [0.05, 0.1) is 23.0 Å². The summed E-state index contributed by atoms with van der Waals surface area (Å²) in [6.07, 6.45) is 0.986. The predicted octanol–water partition coefficient (Wildman–Crippen LogP) is 1.53. The molecular formula is C13H18N4. The van der Waals surface area contributed by atoms with Gasteiger partial charge in [-0.25, -0.2) is 0 Å². The third kappa shape index (κ3) is 2.34. The quantitative estimate of drug-likeness (QED) is 0.826. The molecule has 1 atom stereocenters. The molecule has 1 aromatic carbocycles. The Morgan fingerprint density at radius 3 is 3.12 bits per heavy atom. The maximum atomic E-state index is 8.89. The highest BCUT2D eigenvalue weighted by Gasteiger charge is 2.20. The van der Waals surface area contributed by atoms with E-state index >= 15 is 0 Å². The smallest absolute Gasteiger partial charge is 0.0992 e. The van der Waals surface area contributed by atoms with E-state index in [0.717, 1.165) is 25.2 Å². The maximum absolute atomic E-state index is 8.89. The van der Waals surface area contributed by atoms with E-state index < -0.39 is 0 Å². The summed E-state index contributed by atoms with van der Waals surface area (Å²) in [4.78, 5) is 2.36. The molecule has 0 aliphatic carbocycles. The summed E-state index contributed by atoms with van der Waals surface area (Å²) >= 11 is 0. The summed E-state index contributed by atoms with van der Waals surface area (Å²) in [6, 6.07) is 8.41. The van der Waals surface area contributed by atoms with Crippen LogP contribution in [0, 0.1) is 11.3 Å². The van der Waals surface area contributed by atoms with Crippen molar-refractivity contribution in [1.29, 1.82) is 5.26 Å². The molecule has 1 unspecified atom stereocenters. The van der Waals surface area contributed by atoms with Gasteiger partial charge >= 0.3 is 0 Å². The second kappa shape index (κ2) is 5.07. The Balaban J connectivity index is 2.29. The summed E-state index contributed by atoms with van der Waals surface area (Å²) in [5.74, 6) is 0. The Labute approximate surface area is 102 Å². The SMILES string of the molecule is CC(CCN)N1CCNc2cc(C#N)ccc21. The lowest BCUT2D eigenvalue weighted by Crippen LogP contribution is -2.41. The highest BCUT2D eigenvalue weighted by Crippen LogP contribution is 2.31. The lowest BCUT2D eigenvalue weighted by Gasteiger charge is -2.36. The Morgan fingerprint density at radius 2 is 2.41 bits per heavy atom. The zero-order chi connectivity index (χ0) is 12.3. The van der Waals surface area contributed by atoms with E-state index in [-0.39, 0.29) is 0 Å². The molecule has 1 aliphatic heterocycles. The van der Waals surface area contributed by atoms with Crippen LogP contribution in [-0.4, -0.2) is 25.7 Å². The number of nitrogens with one attached hydrogen (secondary N) is 1. The fourth-order valence-corrected chi connectivity index (χ4v) is 2.28. The molecule has 0 bridgehead atoms. The van der Waals surface area contributed by atoms with Gasteiger partial charge in [0, 0.05) is 19.1 Å². The summed E-state index contributed by atoms with van der Waals surface area (Å²) in [7, 11) is 0. The fourth-order valence-electron chi connectivity index (χ4n) is 2.28. The molecule has 1 heterocycles. The maximum Gasteiger partial charge on any atom is 0.0992 e. The molecule has 0 spiro atoms. The van der Waals surface area contributed by atoms with Crippen LogP contribution in [0.4, 0.5) is 11.4 Å². The van der Waals surface area contributed by atoms with Crippen LogP contribution >= 0.6 is 0 Å². The van der Waals surface area contributed by atoms with E-state index in [9.17, 15) is 0 Å². The van der Waals surface area contributed by atoms with Gasteiger partial charge in [-0.1, -0.05) is 0 Å². The Kier molecular flexibility index (Phi) is 3.50. The summed E-state index contributed by atoms with van der Waals surface area (Å²) in [6.45, 7) is 4.80. The van der Waals surface area contributed by atoms with Gasteiger partial charge in [0.2, 0.25) is 0 Å². The van der Waals surface area contributed by atoms with Crippen molar-refractivity contribution in [1.82, 2.24) is 0 Å². The van der Waals surface area contributed by atoms with Crippen LogP contribution in [0.5, 0.6) is 0 Å². The van der Waals surface area contributed by atoms with Crippen LogP contribution in [-0.2, 0) is 0 Å². The van der Waals surface area contributed by atoms with Crippen molar-refractivity contribution in [3.8, 4) is 6.07 Å². The molecule has 4 heteroatoms. The highest BCUT2D eigenvalue weighted by atomic mass is 15.2. The first-order chi connectivity index (χ1) is 8.26. The summed E-state index contributed by atoms with van der Waals surface area (Å²) < 4.78 is 0. The minimum atomic E-state index is 0.439. The van der Waals surface area contributed by atoms with Gasteiger partial charge in [0.15, 0.2) is 0 Å². The van der Waals surface area contributed by atoms with Crippen molar-refractivity contribution in [3.05, 3.63) is 23.8 Å². The second-order valence-electron chi connectivity index (χ2n) is 4.39. The largest absolute Gasteiger partial charge is 0.382 e. The summed E-state index contributed by atoms with van der Waals surface area (Å²) in [5, 5.41) is 12.2. The zero-order valence-electron chi connectivity index (χ0n) is 10.1. The van der Waals surface area contributed by atoms with Crippen LogP contribution in [0.15, 0.2) is 18.2 Å². The Morgan fingerprint density at radius 1 is 1.59 bits per heavy atom. The van der Waals surface area contributed by atoms with Crippen molar-refractivity contribution < 1.29 is 0 Å².